The minimum atomic E-state index is -0.0142. The molecule has 10 heavy (non-hydrogen) atoms. The lowest BCUT2D eigenvalue weighted by Crippen LogP contribution is -1.82. The molecule has 0 saturated heterocycles. The molecule has 0 aliphatic carbocycles. The molecular formula is C6H5IN2S. The zero-order chi connectivity index (χ0) is 6.97. The molecule has 1 heterocycles. The van der Waals surface area contributed by atoms with Crippen LogP contribution in [0.3, 0.4) is 0 Å². The SMILES string of the molecule is Nc1ccc2c(c1)SI=N2. The van der Waals surface area contributed by atoms with Crippen LogP contribution < -0.4 is 5.73 Å². The van der Waals surface area contributed by atoms with Gasteiger partial charge in [0.25, 0.3) is 0 Å². The molecule has 0 atom stereocenters. The highest BCUT2D eigenvalue weighted by Gasteiger charge is 2.06. The second-order valence-corrected chi connectivity index (χ2v) is 5.68. The van der Waals surface area contributed by atoms with Gasteiger partial charge in [-0.15, -0.1) is 0 Å². The number of benzene rings is 1. The molecule has 0 fully saturated rings. The van der Waals surface area contributed by atoms with Gasteiger partial charge in [-0.05, 0) is 27.1 Å². The van der Waals surface area contributed by atoms with Gasteiger partial charge in [-0.1, -0.05) is 0 Å². The predicted molar refractivity (Wildman–Crippen MR) is 52.8 cm³/mol. The van der Waals surface area contributed by atoms with Crippen molar-refractivity contribution in [3.63, 3.8) is 0 Å². The molecule has 2 rings (SSSR count). The summed E-state index contributed by atoms with van der Waals surface area (Å²) in [4.78, 5) is 1.26. The van der Waals surface area contributed by atoms with Crippen molar-refractivity contribution in [1.82, 2.24) is 0 Å². The van der Waals surface area contributed by atoms with Gasteiger partial charge >= 0.3 is 0 Å². The summed E-state index contributed by atoms with van der Waals surface area (Å²) in [6.45, 7) is 0. The van der Waals surface area contributed by atoms with E-state index in [0.717, 1.165) is 11.4 Å². The lowest BCUT2D eigenvalue weighted by Gasteiger charge is -1.95. The van der Waals surface area contributed by atoms with E-state index in [1.54, 1.807) is 0 Å². The molecule has 1 aromatic carbocycles. The molecule has 0 spiro atoms. The monoisotopic (exact) mass is 264 g/mol. The number of fused-ring (bicyclic) bond motifs is 1. The van der Waals surface area contributed by atoms with Crippen LogP contribution in [0.25, 0.3) is 0 Å². The van der Waals surface area contributed by atoms with Crippen LogP contribution in [0.15, 0.2) is 26.2 Å². The maximum Gasteiger partial charge on any atom is 0.0842 e. The molecule has 1 aliphatic heterocycles. The van der Waals surface area contributed by atoms with E-state index in [0.29, 0.717) is 0 Å². The van der Waals surface area contributed by atoms with Gasteiger partial charge in [0.1, 0.15) is 0 Å². The van der Waals surface area contributed by atoms with Crippen molar-refractivity contribution in [3.8, 4) is 0 Å². The molecule has 0 unspecified atom stereocenters. The van der Waals surface area contributed by atoms with Crippen molar-refractivity contribution in [2.75, 3.05) is 5.73 Å². The first kappa shape index (κ1) is 6.60. The van der Waals surface area contributed by atoms with E-state index >= 15 is 0 Å². The Kier molecular flexibility index (Phi) is 1.65. The molecule has 0 bridgehead atoms. The molecular weight excluding hydrogens is 259 g/mol. The molecule has 0 saturated carbocycles. The molecule has 1 aromatic rings. The third-order valence-electron chi connectivity index (χ3n) is 1.23. The average molecular weight is 264 g/mol. The number of nitrogens with two attached hydrogens (primary N) is 1. The molecule has 1 aliphatic rings. The van der Waals surface area contributed by atoms with Crippen LogP contribution in [0, 0.1) is 0 Å². The van der Waals surface area contributed by atoms with E-state index in [1.807, 2.05) is 27.1 Å². The molecule has 0 radical (unpaired) electrons. The van der Waals surface area contributed by atoms with Crippen molar-refractivity contribution >= 4 is 40.0 Å². The zero-order valence-electron chi connectivity index (χ0n) is 5.04. The first-order chi connectivity index (χ1) is 4.86. The summed E-state index contributed by atoms with van der Waals surface area (Å²) in [5.74, 6) is 0. The van der Waals surface area contributed by atoms with E-state index < -0.39 is 0 Å². The highest BCUT2D eigenvalue weighted by Crippen LogP contribution is 2.47. The fourth-order valence-electron chi connectivity index (χ4n) is 0.754. The summed E-state index contributed by atoms with van der Waals surface area (Å²) >= 11 is -0.0142. The van der Waals surface area contributed by atoms with Gasteiger partial charge in [-0.3, -0.25) is 0 Å². The minimum absolute atomic E-state index is 0.0142. The van der Waals surface area contributed by atoms with Crippen molar-refractivity contribution < 1.29 is 0 Å². The van der Waals surface area contributed by atoms with Crippen molar-refractivity contribution in [2.45, 2.75) is 4.90 Å². The van der Waals surface area contributed by atoms with E-state index in [-0.39, 0.29) is 19.6 Å². The Labute approximate surface area is 71.8 Å². The van der Waals surface area contributed by atoms with Gasteiger partial charge in [0.15, 0.2) is 0 Å². The molecule has 0 aromatic heterocycles. The Balaban J connectivity index is 2.59. The van der Waals surface area contributed by atoms with Crippen LogP contribution in [0.1, 0.15) is 0 Å². The van der Waals surface area contributed by atoms with E-state index in [4.69, 9.17) is 5.73 Å². The van der Waals surface area contributed by atoms with Crippen LogP contribution in [0.2, 0.25) is 0 Å². The highest BCUT2D eigenvalue weighted by atomic mass is 127. The molecule has 2 nitrogen and oxygen atoms in total. The van der Waals surface area contributed by atoms with Gasteiger partial charge in [-0.2, -0.15) is 0 Å². The van der Waals surface area contributed by atoms with Crippen molar-refractivity contribution in [1.29, 1.82) is 0 Å². The first-order valence-electron chi connectivity index (χ1n) is 2.78. The molecule has 4 heteroatoms. The van der Waals surface area contributed by atoms with Crippen LogP contribution in [0.5, 0.6) is 0 Å². The number of hydrogen-bond donors (Lipinski definition) is 1. The largest absolute Gasteiger partial charge is 0.399 e. The van der Waals surface area contributed by atoms with Crippen LogP contribution in [-0.4, -0.2) is 0 Å². The quantitative estimate of drug-likeness (QED) is 0.577. The fraction of sp³-hybridized carbons (Fsp3) is 0. The van der Waals surface area contributed by atoms with Crippen LogP contribution in [-0.2, 0) is 0 Å². The lowest BCUT2D eigenvalue weighted by molar-refractivity contribution is 1.42. The Morgan fingerprint density at radius 1 is 1.50 bits per heavy atom. The number of halogens is 1. The van der Waals surface area contributed by atoms with Crippen LogP contribution in [0.4, 0.5) is 11.4 Å². The van der Waals surface area contributed by atoms with Gasteiger partial charge < -0.3 is 5.73 Å². The van der Waals surface area contributed by atoms with Crippen molar-refractivity contribution in [3.05, 3.63) is 18.2 Å². The van der Waals surface area contributed by atoms with E-state index in [9.17, 15) is 0 Å². The number of hydrogen-bond acceptors (Lipinski definition) is 3. The van der Waals surface area contributed by atoms with Crippen LogP contribution >= 0.6 is 28.6 Å². The summed E-state index contributed by atoms with van der Waals surface area (Å²) in [5, 5.41) is 0. The highest BCUT2D eigenvalue weighted by molar-refractivity contribution is 14.2. The van der Waals surface area contributed by atoms with E-state index in [1.165, 1.54) is 4.90 Å². The van der Waals surface area contributed by atoms with Gasteiger partial charge in [-0.25, -0.2) is 3.15 Å². The summed E-state index contributed by atoms with van der Waals surface area (Å²) in [6.07, 6.45) is 0. The van der Waals surface area contributed by atoms with E-state index in [2.05, 4.69) is 3.15 Å². The maximum absolute atomic E-state index is 5.59. The summed E-state index contributed by atoms with van der Waals surface area (Å²) in [6, 6.07) is 5.89. The minimum Gasteiger partial charge on any atom is -0.399 e. The third kappa shape index (κ3) is 1.05. The number of nitrogen functional groups attached to an aromatic ring is 1. The summed E-state index contributed by atoms with van der Waals surface area (Å²) in [5.41, 5.74) is 7.56. The van der Waals surface area contributed by atoms with Crippen molar-refractivity contribution in [2.24, 2.45) is 3.15 Å². The first-order valence-corrected chi connectivity index (χ1v) is 7.10. The van der Waals surface area contributed by atoms with Gasteiger partial charge in [0.05, 0.1) is 25.3 Å². The standard InChI is InChI=1S/C6H5IN2S/c8-4-1-2-5-6(3-4)10-7-9-5/h1-3H,8H2. The van der Waals surface area contributed by atoms with Gasteiger partial charge in [0, 0.05) is 10.6 Å². The number of anilines is 1. The molecule has 0 amide bonds. The topological polar surface area (TPSA) is 38.4 Å². The second kappa shape index (κ2) is 2.50. The average Bonchev–Trinajstić information content (AvgIpc) is 2.33. The number of rotatable bonds is 0. The normalized spacial score (nSPS) is 14.4. The molecule has 52 valence electrons. The zero-order valence-corrected chi connectivity index (χ0v) is 8.02. The maximum atomic E-state index is 5.59. The Bertz CT molecular complexity index is 298. The summed E-state index contributed by atoms with van der Waals surface area (Å²) in [7, 11) is 1.85. The fourth-order valence-corrected chi connectivity index (χ4v) is 4.52. The summed E-state index contributed by atoms with van der Waals surface area (Å²) < 4.78 is 4.36. The Morgan fingerprint density at radius 3 is 3.30 bits per heavy atom. The Hall–Kier alpha value is -0.100. The Morgan fingerprint density at radius 2 is 2.40 bits per heavy atom. The third-order valence-corrected chi connectivity index (χ3v) is 4.98. The van der Waals surface area contributed by atoms with Gasteiger partial charge in [0.2, 0.25) is 0 Å². The smallest absolute Gasteiger partial charge is 0.0842 e. The second-order valence-electron chi connectivity index (χ2n) is 1.96. The predicted octanol–water partition coefficient (Wildman–Crippen LogP) is 3.08. The molecule has 2 N–H and O–H groups in total. The number of nitrogens with zero attached hydrogens (tertiary/aromatic N) is 1. The lowest BCUT2D eigenvalue weighted by atomic mass is 10.3.